The van der Waals surface area contributed by atoms with Gasteiger partial charge >= 0.3 is 7.52 Å². The molecule has 34 heavy (non-hydrogen) atoms. The van der Waals surface area contributed by atoms with Gasteiger partial charge in [0.2, 0.25) is 0 Å². The van der Waals surface area contributed by atoms with E-state index in [2.05, 4.69) is 10.1 Å². The Morgan fingerprint density at radius 3 is 2.53 bits per heavy atom. The van der Waals surface area contributed by atoms with E-state index in [0.29, 0.717) is 16.6 Å². The van der Waals surface area contributed by atoms with E-state index in [-0.39, 0.29) is 30.3 Å². The molecule has 0 aliphatic carbocycles. The van der Waals surface area contributed by atoms with Gasteiger partial charge in [0.25, 0.3) is 5.91 Å². The largest absolute Gasteiger partial charge is 0.509 e. The van der Waals surface area contributed by atoms with Crippen molar-refractivity contribution in [2.75, 3.05) is 11.9 Å². The molecule has 180 valence electrons. The maximum atomic E-state index is 13.8. The number of halogens is 2. The van der Waals surface area contributed by atoms with E-state index >= 15 is 0 Å². The molecule has 10 heteroatoms. The van der Waals surface area contributed by atoms with E-state index in [4.69, 9.17) is 4.52 Å². The molecule has 2 unspecified atom stereocenters. The average Bonchev–Trinajstić information content (AvgIpc) is 3.00. The molecule has 2 aliphatic heterocycles. The lowest BCUT2D eigenvalue weighted by atomic mass is 9.85. The molecule has 0 aromatic heterocycles. The summed E-state index contributed by atoms with van der Waals surface area (Å²) in [6.07, 6.45) is 0. The number of rotatable bonds is 5. The van der Waals surface area contributed by atoms with Crippen LogP contribution in [0.2, 0.25) is 0 Å². The number of benzene rings is 2. The van der Waals surface area contributed by atoms with E-state index in [9.17, 15) is 23.2 Å². The number of aliphatic hydroxyl groups excluding tert-OH is 1. The zero-order valence-electron chi connectivity index (χ0n) is 19.3. The summed E-state index contributed by atoms with van der Waals surface area (Å²) < 4.78 is 50.6. The number of para-hydroxylation sites is 1. The van der Waals surface area contributed by atoms with Gasteiger partial charge in [0.05, 0.1) is 23.6 Å². The highest BCUT2D eigenvalue weighted by Gasteiger charge is 2.48. The molecule has 4 rings (SSSR count). The monoisotopic (exact) mass is 489 g/mol. The Morgan fingerprint density at radius 1 is 1.18 bits per heavy atom. The van der Waals surface area contributed by atoms with Crippen LogP contribution < -0.4 is 10.6 Å². The van der Waals surface area contributed by atoms with Crippen LogP contribution in [0.1, 0.15) is 33.3 Å². The first-order valence-corrected chi connectivity index (χ1v) is 12.4. The second-order valence-electron chi connectivity index (χ2n) is 9.24. The quantitative estimate of drug-likeness (QED) is 0.583. The number of amidine groups is 1. The first-order valence-electron chi connectivity index (χ1n) is 10.9. The fourth-order valence-corrected chi connectivity index (χ4v) is 6.08. The molecule has 0 radical (unpaired) electrons. The van der Waals surface area contributed by atoms with Gasteiger partial charge in [-0.05, 0) is 42.2 Å². The molecule has 0 saturated carbocycles. The number of fused-ring (bicyclic) bond motifs is 1. The molecule has 2 heterocycles. The molecular weight excluding hydrogens is 463 g/mol. The minimum absolute atomic E-state index is 0.0555. The Kier molecular flexibility index (Phi) is 6.12. The third-order valence-corrected chi connectivity index (χ3v) is 7.76. The van der Waals surface area contributed by atoms with Crippen LogP contribution in [0.4, 0.5) is 14.5 Å². The predicted octanol–water partition coefficient (Wildman–Crippen LogP) is 4.91. The number of hydrogen-bond acceptors (Lipinski definition) is 5. The van der Waals surface area contributed by atoms with E-state index in [1.165, 1.54) is 11.0 Å². The first-order chi connectivity index (χ1) is 16.0. The highest BCUT2D eigenvalue weighted by atomic mass is 31.2. The van der Waals surface area contributed by atoms with Gasteiger partial charge in [-0.15, -0.1) is 0 Å². The second kappa shape index (κ2) is 8.64. The molecule has 2 aromatic rings. The van der Waals surface area contributed by atoms with Crippen molar-refractivity contribution in [2.45, 2.75) is 40.3 Å². The smallest absolute Gasteiger partial charge is 0.348 e. The van der Waals surface area contributed by atoms with Gasteiger partial charge in [0, 0.05) is 6.54 Å². The summed E-state index contributed by atoms with van der Waals surface area (Å²) in [7, 11) is -3.71. The van der Waals surface area contributed by atoms with E-state index < -0.39 is 36.5 Å². The van der Waals surface area contributed by atoms with Crippen LogP contribution in [0, 0.1) is 17.0 Å². The van der Waals surface area contributed by atoms with Gasteiger partial charge in [-0.3, -0.25) is 9.36 Å². The van der Waals surface area contributed by atoms with Crippen molar-refractivity contribution < 1.29 is 27.8 Å². The normalized spacial score (nSPS) is 22.5. The fraction of sp³-hybridized carbons (Fsp3) is 0.333. The number of carbonyl (C=O) groups excluding carboxylic acids is 1. The number of amides is 1. The Bertz CT molecular complexity index is 1270. The minimum Gasteiger partial charge on any atom is -0.509 e. The van der Waals surface area contributed by atoms with Crippen LogP contribution in [0.25, 0.3) is 0 Å². The summed E-state index contributed by atoms with van der Waals surface area (Å²) in [6.45, 7) is 7.29. The van der Waals surface area contributed by atoms with Gasteiger partial charge in [-0.25, -0.2) is 8.78 Å². The topological polar surface area (TPSA) is 91.2 Å². The molecule has 2 N–H and O–H groups in total. The molecule has 0 bridgehead atoms. The number of aliphatic hydroxyl groups is 1. The molecule has 2 atom stereocenters. The van der Waals surface area contributed by atoms with Crippen molar-refractivity contribution >= 4 is 30.3 Å². The summed E-state index contributed by atoms with van der Waals surface area (Å²) in [5.41, 5.74) is 0.0803. The van der Waals surface area contributed by atoms with Crippen molar-refractivity contribution in [3.05, 3.63) is 71.0 Å². The third-order valence-electron chi connectivity index (χ3n) is 5.69. The highest BCUT2D eigenvalue weighted by Crippen LogP contribution is 2.52. The van der Waals surface area contributed by atoms with Crippen LogP contribution in [0.3, 0.4) is 0 Å². The summed E-state index contributed by atoms with van der Waals surface area (Å²) >= 11 is 0. The summed E-state index contributed by atoms with van der Waals surface area (Å²) in [4.78, 5) is 15.0. The lowest BCUT2D eigenvalue weighted by Crippen LogP contribution is -2.43. The zero-order chi connectivity index (χ0) is 24.8. The zero-order valence-corrected chi connectivity index (χ0v) is 20.2. The lowest BCUT2D eigenvalue weighted by molar-refractivity contribution is -0.129. The number of anilines is 1. The van der Waals surface area contributed by atoms with Crippen LogP contribution in [0.15, 0.2) is 58.6 Å². The highest BCUT2D eigenvalue weighted by molar-refractivity contribution is 7.66. The van der Waals surface area contributed by atoms with Crippen molar-refractivity contribution in [3.63, 3.8) is 0 Å². The Morgan fingerprint density at radius 2 is 1.88 bits per heavy atom. The van der Waals surface area contributed by atoms with Gasteiger partial charge in [-0.1, -0.05) is 39.0 Å². The summed E-state index contributed by atoms with van der Waals surface area (Å²) in [6, 6.07) is 9.39. The van der Waals surface area contributed by atoms with Crippen molar-refractivity contribution in [1.29, 1.82) is 0 Å². The number of carbonyl (C=O) groups is 1. The molecule has 0 spiro atoms. The Balaban J connectivity index is 1.79. The van der Waals surface area contributed by atoms with Crippen LogP contribution >= 0.6 is 7.52 Å². The van der Waals surface area contributed by atoms with Crippen LogP contribution in [0.5, 0.6) is 0 Å². The van der Waals surface area contributed by atoms with Crippen molar-refractivity contribution in [2.24, 2.45) is 10.2 Å². The number of hydrogen-bond donors (Lipinski definition) is 2. The predicted molar refractivity (Wildman–Crippen MR) is 126 cm³/mol. The van der Waals surface area contributed by atoms with Gasteiger partial charge < -0.3 is 19.8 Å². The molecule has 2 aliphatic rings. The molecule has 1 amide bonds. The van der Waals surface area contributed by atoms with Crippen LogP contribution in [-0.2, 0) is 20.4 Å². The lowest BCUT2D eigenvalue weighted by Gasteiger charge is -2.35. The summed E-state index contributed by atoms with van der Waals surface area (Å²) in [5.74, 6) is -2.89. The van der Waals surface area contributed by atoms with Gasteiger partial charge in [0.1, 0.15) is 11.3 Å². The second-order valence-corrected chi connectivity index (χ2v) is 11.2. The van der Waals surface area contributed by atoms with E-state index in [0.717, 1.165) is 12.1 Å². The first kappa shape index (κ1) is 24.1. The van der Waals surface area contributed by atoms with Crippen LogP contribution in [-0.4, -0.2) is 34.4 Å². The Labute approximate surface area is 196 Å². The number of nitrogens with zero attached hydrogens (tertiary/aromatic N) is 2. The van der Waals surface area contributed by atoms with E-state index in [1.54, 1.807) is 31.2 Å². The maximum Gasteiger partial charge on any atom is 0.348 e. The van der Waals surface area contributed by atoms with Crippen molar-refractivity contribution in [3.8, 4) is 0 Å². The van der Waals surface area contributed by atoms with Gasteiger partial charge in [-0.2, -0.15) is 4.76 Å². The number of nitrogens with one attached hydrogen (secondary N) is 1. The van der Waals surface area contributed by atoms with Crippen molar-refractivity contribution in [1.82, 2.24) is 4.90 Å². The molecule has 2 aromatic carbocycles. The molecular formula is C24H26F2N3O4P. The fourth-order valence-electron chi connectivity index (χ4n) is 4.30. The maximum absolute atomic E-state index is 13.8. The summed E-state index contributed by atoms with van der Waals surface area (Å²) in [5, 5.41) is 14.6. The third kappa shape index (κ3) is 4.14. The van der Waals surface area contributed by atoms with E-state index in [1.807, 2.05) is 20.8 Å². The SMILES string of the molecule is CCOP1(=O)N=C(C2=C(O)C(C(C)(C)C)N(Cc3ccc(F)c(F)c3)C2=O)Nc2ccccc21. The molecule has 0 fully saturated rings. The average molecular weight is 489 g/mol. The van der Waals surface area contributed by atoms with Gasteiger partial charge in [0.15, 0.2) is 17.5 Å². The Hall–Kier alpha value is -3.03. The minimum atomic E-state index is -3.71. The molecule has 7 nitrogen and oxygen atoms in total. The molecule has 0 saturated heterocycles. The standard InChI is InChI=1S/C24H26F2N3O4P/c1-5-33-34(32)18-9-7-6-8-17(18)27-22(28-34)19-20(30)21(24(2,3)4)29(23(19)31)13-14-10-11-15(25)16(26)12-14/h6-12,21,30H,5,13H2,1-4H3,(H,27,28,32).